The van der Waals surface area contributed by atoms with Crippen LogP contribution in [0, 0.1) is 5.92 Å². The van der Waals surface area contributed by atoms with Gasteiger partial charge in [0.25, 0.3) is 0 Å². The number of rotatable bonds is 6. The first-order valence-electron chi connectivity index (χ1n) is 7.28. The number of carboxylic acids is 1. The summed E-state index contributed by atoms with van der Waals surface area (Å²) in [6.07, 6.45) is 2.06. The Morgan fingerprint density at radius 3 is 2.62 bits per heavy atom. The molecule has 0 bridgehead atoms. The van der Waals surface area contributed by atoms with Crippen molar-refractivity contribution in [3.05, 3.63) is 29.8 Å². The molecule has 1 N–H and O–H groups in total. The molecule has 1 heterocycles. The quantitative estimate of drug-likeness (QED) is 0.819. The normalized spacial score (nSPS) is 23.4. The predicted octanol–water partition coefficient (Wildman–Crippen LogP) is 2.89. The third-order valence-corrected chi connectivity index (χ3v) is 5.00. The number of likely N-dealkylation sites (N-methyl/N-ethyl adjacent to an activating group) is 1. The van der Waals surface area contributed by atoms with Crippen LogP contribution >= 0.6 is 11.8 Å². The average molecular weight is 309 g/mol. The van der Waals surface area contributed by atoms with Crippen LogP contribution in [0.1, 0.15) is 25.5 Å². The highest BCUT2D eigenvalue weighted by Crippen LogP contribution is 2.29. The smallest absolute Gasteiger partial charge is 0.310 e. The van der Waals surface area contributed by atoms with Gasteiger partial charge in [-0.2, -0.15) is 0 Å². The van der Waals surface area contributed by atoms with Crippen molar-refractivity contribution in [2.75, 3.05) is 26.0 Å². The number of thioether (sulfide) groups is 1. The lowest BCUT2D eigenvalue weighted by Gasteiger charge is -2.34. The van der Waals surface area contributed by atoms with Crippen molar-refractivity contribution >= 4 is 17.7 Å². The first-order valence-corrected chi connectivity index (χ1v) is 8.51. The van der Waals surface area contributed by atoms with E-state index < -0.39 is 11.9 Å². The maximum absolute atomic E-state index is 11.4. The van der Waals surface area contributed by atoms with Gasteiger partial charge in [-0.05, 0) is 37.4 Å². The molecule has 1 aromatic carbocycles. The first-order chi connectivity index (χ1) is 10.1. The molecule has 0 radical (unpaired) electrons. The zero-order valence-corrected chi connectivity index (χ0v) is 13.6. The molecule has 0 amide bonds. The molecule has 21 heavy (non-hydrogen) atoms. The Balaban J connectivity index is 2.17. The van der Waals surface area contributed by atoms with Crippen molar-refractivity contribution in [3.63, 3.8) is 0 Å². The van der Waals surface area contributed by atoms with E-state index in [0.29, 0.717) is 13.2 Å². The van der Waals surface area contributed by atoms with Gasteiger partial charge < -0.3 is 9.84 Å². The minimum atomic E-state index is -0.763. The second kappa shape index (κ2) is 7.29. The van der Waals surface area contributed by atoms with Gasteiger partial charge in [0.15, 0.2) is 0 Å². The molecular weight excluding hydrogens is 286 g/mol. The van der Waals surface area contributed by atoms with Crippen molar-refractivity contribution in [1.82, 2.24) is 4.90 Å². The van der Waals surface area contributed by atoms with Crippen LogP contribution in [-0.4, -0.2) is 48.0 Å². The first kappa shape index (κ1) is 16.3. The molecule has 0 aromatic heterocycles. The number of benzene rings is 1. The molecule has 1 saturated heterocycles. The van der Waals surface area contributed by atoms with E-state index >= 15 is 0 Å². The Morgan fingerprint density at radius 2 is 2.10 bits per heavy atom. The van der Waals surface area contributed by atoms with Crippen molar-refractivity contribution in [2.24, 2.45) is 5.92 Å². The standard InChI is InChI=1S/C16H23NO3S/c1-4-17(15-10-20-9-14(15)16(18)19)11(2)12-5-7-13(21-3)8-6-12/h5-8,11,14-15H,4,9-10H2,1-3H3,(H,18,19). The van der Waals surface area contributed by atoms with E-state index in [1.54, 1.807) is 11.8 Å². The topological polar surface area (TPSA) is 49.8 Å². The molecule has 0 saturated carbocycles. The molecule has 1 aliphatic heterocycles. The van der Waals surface area contributed by atoms with Crippen LogP contribution in [0.2, 0.25) is 0 Å². The van der Waals surface area contributed by atoms with Crippen LogP contribution < -0.4 is 0 Å². The number of aliphatic carboxylic acids is 1. The molecule has 0 spiro atoms. The van der Waals surface area contributed by atoms with E-state index in [2.05, 4.69) is 49.3 Å². The molecular formula is C16H23NO3S. The summed E-state index contributed by atoms with van der Waals surface area (Å²) in [4.78, 5) is 14.8. The van der Waals surface area contributed by atoms with Gasteiger partial charge in [0.2, 0.25) is 0 Å². The van der Waals surface area contributed by atoms with Gasteiger partial charge in [-0.3, -0.25) is 9.69 Å². The largest absolute Gasteiger partial charge is 0.481 e. The lowest BCUT2D eigenvalue weighted by molar-refractivity contribution is -0.143. The number of ether oxygens (including phenoxy) is 1. The predicted molar refractivity (Wildman–Crippen MR) is 84.8 cm³/mol. The van der Waals surface area contributed by atoms with E-state index in [-0.39, 0.29) is 12.1 Å². The van der Waals surface area contributed by atoms with E-state index in [1.165, 1.54) is 10.5 Å². The lowest BCUT2D eigenvalue weighted by Crippen LogP contribution is -2.44. The minimum Gasteiger partial charge on any atom is -0.481 e. The number of hydrogen-bond acceptors (Lipinski definition) is 4. The molecule has 1 aliphatic rings. The highest BCUT2D eigenvalue weighted by atomic mass is 32.2. The van der Waals surface area contributed by atoms with Gasteiger partial charge in [-0.15, -0.1) is 11.8 Å². The Bertz CT molecular complexity index is 477. The molecule has 1 aromatic rings. The van der Waals surface area contributed by atoms with Crippen molar-refractivity contribution < 1.29 is 14.6 Å². The Hall–Kier alpha value is -1.04. The monoisotopic (exact) mass is 309 g/mol. The highest BCUT2D eigenvalue weighted by molar-refractivity contribution is 7.98. The number of carboxylic acid groups (broad SMARTS) is 1. The molecule has 0 aliphatic carbocycles. The average Bonchev–Trinajstić information content (AvgIpc) is 2.97. The van der Waals surface area contributed by atoms with Crippen molar-refractivity contribution in [3.8, 4) is 0 Å². The molecule has 5 heteroatoms. The summed E-state index contributed by atoms with van der Waals surface area (Å²) in [5.41, 5.74) is 1.21. The Kier molecular flexibility index (Phi) is 5.67. The highest BCUT2D eigenvalue weighted by Gasteiger charge is 2.39. The van der Waals surface area contributed by atoms with E-state index in [4.69, 9.17) is 4.74 Å². The summed E-state index contributed by atoms with van der Waals surface area (Å²) in [6.45, 7) is 5.83. The van der Waals surface area contributed by atoms with Crippen LogP contribution in [0.15, 0.2) is 29.2 Å². The summed E-state index contributed by atoms with van der Waals surface area (Å²) < 4.78 is 5.41. The molecule has 116 valence electrons. The zero-order chi connectivity index (χ0) is 15.4. The van der Waals surface area contributed by atoms with Crippen molar-refractivity contribution in [2.45, 2.75) is 30.8 Å². The number of nitrogens with zero attached hydrogens (tertiary/aromatic N) is 1. The molecule has 2 rings (SSSR count). The van der Waals surface area contributed by atoms with E-state index in [1.807, 2.05) is 0 Å². The molecule has 1 fully saturated rings. The minimum absolute atomic E-state index is 0.0530. The summed E-state index contributed by atoms with van der Waals surface area (Å²) in [7, 11) is 0. The third-order valence-electron chi connectivity index (χ3n) is 4.25. The summed E-state index contributed by atoms with van der Waals surface area (Å²) in [5, 5.41) is 9.34. The number of hydrogen-bond donors (Lipinski definition) is 1. The van der Waals surface area contributed by atoms with Crippen LogP contribution in [0.25, 0.3) is 0 Å². The Labute approximate surface area is 130 Å². The molecule has 3 atom stereocenters. The van der Waals surface area contributed by atoms with Crippen LogP contribution in [0.4, 0.5) is 0 Å². The fourth-order valence-corrected chi connectivity index (χ4v) is 3.38. The van der Waals surface area contributed by atoms with Crippen LogP contribution in [0.3, 0.4) is 0 Å². The zero-order valence-electron chi connectivity index (χ0n) is 12.8. The fourth-order valence-electron chi connectivity index (χ4n) is 2.98. The van der Waals surface area contributed by atoms with Crippen LogP contribution in [0.5, 0.6) is 0 Å². The molecule has 4 nitrogen and oxygen atoms in total. The van der Waals surface area contributed by atoms with E-state index in [0.717, 1.165) is 6.54 Å². The number of carbonyl (C=O) groups is 1. The second-order valence-corrected chi connectivity index (χ2v) is 6.21. The Morgan fingerprint density at radius 1 is 1.43 bits per heavy atom. The summed E-state index contributed by atoms with van der Waals surface area (Å²) >= 11 is 1.72. The van der Waals surface area contributed by atoms with Gasteiger partial charge in [-0.25, -0.2) is 0 Å². The maximum Gasteiger partial charge on any atom is 0.310 e. The van der Waals surface area contributed by atoms with Gasteiger partial charge in [0.05, 0.1) is 19.1 Å². The van der Waals surface area contributed by atoms with Gasteiger partial charge in [0, 0.05) is 17.0 Å². The maximum atomic E-state index is 11.4. The van der Waals surface area contributed by atoms with Gasteiger partial charge in [-0.1, -0.05) is 19.1 Å². The van der Waals surface area contributed by atoms with Crippen LogP contribution in [-0.2, 0) is 9.53 Å². The third kappa shape index (κ3) is 3.59. The molecule has 3 unspecified atom stereocenters. The summed E-state index contributed by atoms with van der Waals surface area (Å²) in [5.74, 6) is -1.20. The lowest BCUT2D eigenvalue weighted by atomic mass is 9.98. The van der Waals surface area contributed by atoms with Gasteiger partial charge in [0.1, 0.15) is 0 Å². The fraction of sp³-hybridized carbons (Fsp3) is 0.562. The SMILES string of the molecule is CCN(C(C)c1ccc(SC)cc1)C1COCC1C(=O)O. The summed E-state index contributed by atoms with van der Waals surface area (Å²) in [6, 6.07) is 8.62. The van der Waals surface area contributed by atoms with E-state index in [9.17, 15) is 9.90 Å². The van der Waals surface area contributed by atoms with Crippen molar-refractivity contribution in [1.29, 1.82) is 0 Å². The second-order valence-electron chi connectivity index (χ2n) is 5.33. The van der Waals surface area contributed by atoms with Gasteiger partial charge >= 0.3 is 5.97 Å².